The molecule has 0 aromatic heterocycles. The SMILES string of the molecule is CC1CN(C(C)c2cccc(F)c2F)CCN1. The molecule has 17 heavy (non-hydrogen) atoms. The molecule has 0 aliphatic carbocycles. The lowest BCUT2D eigenvalue weighted by molar-refractivity contribution is 0.155. The summed E-state index contributed by atoms with van der Waals surface area (Å²) < 4.78 is 26.9. The Labute approximate surface area is 101 Å². The summed E-state index contributed by atoms with van der Waals surface area (Å²) in [5, 5.41) is 3.33. The fourth-order valence-electron chi connectivity index (χ4n) is 2.35. The maximum absolute atomic E-state index is 13.7. The molecule has 2 nitrogen and oxygen atoms in total. The highest BCUT2D eigenvalue weighted by Crippen LogP contribution is 2.25. The van der Waals surface area contributed by atoms with E-state index in [0.29, 0.717) is 11.6 Å². The van der Waals surface area contributed by atoms with Crippen LogP contribution in [0, 0.1) is 11.6 Å². The fourth-order valence-corrected chi connectivity index (χ4v) is 2.35. The van der Waals surface area contributed by atoms with Gasteiger partial charge in [0.15, 0.2) is 11.6 Å². The Balaban J connectivity index is 2.18. The van der Waals surface area contributed by atoms with Crippen molar-refractivity contribution in [2.24, 2.45) is 0 Å². The standard InChI is InChI=1S/C13H18F2N2/c1-9-8-17(7-6-16-9)10(2)11-4-3-5-12(14)13(11)15/h3-5,9-10,16H,6-8H2,1-2H3. The zero-order chi connectivity index (χ0) is 12.4. The number of nitrogens with one attached hydrogen (secondary N) is 1. The molecular weight excluding hydrogens is 222 g/mol. The van der Waals surface area contributed by atoms with Gasteiger partial charge in [-0.15, -0.1) is 0 Å². The van der Waals surface area contributed by atoms with Crippen LogP contribution >= 0.6 is 0 Å². The lowest BCUT2D eigenvalue weighted by Crippen LogP contribution is -2.49. The van der Waals surface area contributed by atoms with Gasteiger partial charge >= 0.3 is 0 Å². The molecule has 1 aliphatic rings. The van der Waals surface area contributed by atoms with Crippen molar-refractivity contribution in [3.8, 4) is 0 Å². The van der Waals surface area contributed by atoms with Gasteiger partial charge in [0.25, 0.3) is 0 Å². The minimum absolute atomic E-state index is 0.0877. The summed E-state index contributed by atoms with van der Waals surface area (Å²) in [7, 11) is 0. The molecule has 0 radical (unpaired) electrons. The molecule has 1 saturated heterocycles. The van der Waals surface area contributed by atoms with Gasteiger partial charge in [-0.2, -0.15) is 0 Å². The molecule has 0 bridgehead atoms. The maximum atomic E-state index is 13.7. The lowest BCUT2D eigenvalue weighted by Gasteiger charge is -2.36. The molecule has 1 aromatic rings. The molecule has 1 aliphatic heterocycles. The molecule has 1 fully saturated rings. The first-order valence-corrected chi connectivity index (χ1v) is 6.01. The zero-order valence-corrected chi connectivity index (χ0v) is 10.2. The summed E-state index contributed by atoms with van der Waals surface area (Å²) in [6.07, 6.45) is 0. The van der Waals surface area contributed by atoms with E-state index in [9.17, 15) is 8.78 Å². The molecule has 0 amide bonds. The molecule has 2 rings (SSSR count). The first kappa shape index (κ1) is 12.5. The van der Waals surface area contributed by atoms with Crippen LogP contribution < -0.4 is 5.32 Å². The van der Waals surface area contributed by atoms with Gasteiger partial charge in [-0.1, -0.05) is 12.1 Å². The van der Waals surface area contributed by atoms with E-state index in [1.807, 2.05) is 6.92 Å². The largest absolute Gasteiger partial charge is 0.312 e. The molecule has 4 heteroatoms. The highest BCUT2D eigenvalue weighted by atomic mass is 19.2. The van der Waals surface area contributed by atoms with Crippen molar-refractivity contribution in [3.63, 3.8) is 0 Å². The molecular formula is C13H18F2N2. The quantitative estimate of drug-likeness (QED) is 0.853. The van der Waals surface area contributed by atoms with E-state index in [1.165, 1.54) is 0 Å². The topological polar surface area (TPSA) is 15.3 Å². The predicted molar refractivity (Wildman–Crippen MR) is 63.8 cm³/mol. The summed E-state index contributed by atoms with van der Waals surface area (Å²) in [6, 6.07) is 4.69. The van der Waals surface area contributed by atoms with Gasteiger partial charge in [-0.25, -0.2) is 8.78 Å². The first-order chi connectivity index (χ1) is 8.09. The maximum Gasteiger partial charge on any atom is 0.163 e. The van der Waals surface area contributed by atoms with E-state index >= 15 is 0 Å². The number of rotatable bonds is 2. The summed E-state index contributed by atoms with van der Waals surface area (Å²) >= 11 is 0. The minimum Gasteiger partial charge on any atom is -0.312 e. The summed E-state index contributed by atoms with van der Waals surface area (Å²) in [6.45, 7) is 6.64. The summed E-state index contributed by atoms with van der Waals surface area (Å²) in [4.78, 5) is 2.18. The molecule has 0 saturated carbocycles. The number of benzene rings is 1. The molecule has 0 spiro atoms. The number of piperazine rings is 1. The summed E-state index contributed by atoms with van der Waals surface area (Å²) in [5.41, 5.74) is 0.444. The van der Waals surface area contributed by atoms with Crippen LogP contribution in [0.15, 0.2) is 18.2 Å². The van der Waals surface area contributed by atoms with Crippen LogP contribution in [-0.2, 0) is 0 Å². The predicted octanol–water partition coefficient (Wildman–Crippen LogP) is 2.32. The van der Waals surface area contributed by atoms with E-state index in [4.69, 9.17) is 0 Å². The smallest absolute Gasteiger partial charge is 0.163 e. The molecule has 2 unspecified atom stereocenters. The van der Waals surface area contributed by atoms with Crippen molar-refractivity contribution < 1.29 is 8.78 Å². The van der Waals surface area contributed by atoms with Gasteiger partial charge in [-0.3, -0.25) is 4.90 Å². The molecule has 94 valence electrons. The third-order valence-corrected chi connectivity index (χ3v) is 3.38. The highest BCUT2D eigenvalue weighted by molar-refractivity contribution is 5.22. The van der Waals surface area contributed by atoms with Crippen LogP contribution in [0.3, 0.4) is 0 Å². The van der Waals surface area contributed by atoms with Crippen molar-refractivity contribution in [2.45, 2.75) is 25.9 Å². The van der Waals surface area contributed by atoms with Gasteiger partial charge in [0.1, 0.15) is 0 Å². The van der Waals surface area contributed by atoms with Crippen LogP contribution in [-0.4, -0.2) is 30.6 Å². The molecule has 1 heterocycles. The third kappa shape index (κ3) is 2.64. The van der Waals surface area contributed by atoms with Crippen LogP contribution in [0.25, 0.3) is 0 Å². The lowest BCUT2D eigenvalue weighted by atomic mass is 10.0. The number of hydrogen-bond acceptors (Lipinski definition) is 2. The third-order valence-electron chi connectivity index (χ3n) is 3.38. The van der Waals surface area contributed by atoms with Gasteiger partial charge in [-0.05, 0) is 19.9 Å². The Morgan fingerprint density at radius 3 is 2.88 bits per heavy atom. The molecule has 1 aromatic carbocycles. The van der Waals surface area contributed by atoms with Crippen LogP contribution in [0.1, 0.15) is 25.5 Å². The average molecular weight is 240 g/mol. The van der Waals surface area contributed by atoms with E-state index in [-0.39, 0.29) is 6.04 Å². The molecule has 1 N–H and O–H groups in total. The Bertz CT molecular complexity index is 395. The monoisotopic (exact) mass is 240 g/mol. The van der Waals surface area contributed by atoms with Crippen molar-refractivity contribution in [3.05, 3.63) is 35.4 Å². The van der Waals surface area contributed by atoms with Gasteiger partial charge < -0.3 is 5.32 Å². The van der Waals surface area contributed by atoms with E-state index in [1.54, 1.807) is 12.1 Å². The number of nitrogens with zero attached hydrogens (tertiary/aromatic N) is 1. The van der Waals surface area contributed by atoms with Crippen molar-refractivity contribution in [1.82, 2.24) is 10.2 Å². The molecule has 2 atom stereocenters. The Kier molecular flexibility index (Phi) is 3.74. The van der Waals surface area contributed by atoms with Crippen molar-refractivity contribution in [2.75, 3.05) is 19.6 Å². The number of hydrogen-bond donors (Lipinski definition) is 1. The Hall–Kier alpha value is -1.00. The fraction of sp³-hybridized carbons (Fsp3) is 0.538. The highest BCUT2D eigenvalue weighted by Gasteiger charge is 2.24. The van der Waals surface area contributed by atoms with Gasteiger partial charge in [0.2, 0.25) is 0 Å². The normalized spacial score (nSPS) is 23.6. The van der Waals surface area contributed by atoms with Crippen molar-refractivity contribution >= 4 is 0 Å². The Morgan fingerprint density at radius 2 is 2.18 bits per heavy atom. The second kappa shape index (κ2) is 5.10. The van der Waals surface area contributed by atoms with Crippen LogP contribution in [0.4, 0.5) is 8.78 Å². The minimum atomic E-state index is -0.766. The summed E-state index contributed by atoms with van der Waals surface area (Å²) in [5.74, 6) is -1.48. The van der Waals surface area contributed by atoms with E-state index in [0.717, 1.165) is 25.7 Å². The van der Waals surface area contributed by atoms with Crippen LogP contribution in [0.5, 0.6) is 0 Å². The van der Waals surface area contributed by atoms with Gasteiger partial charge in [0.05, 0.1) is 0 Å². The van der Waals surface area contributed by atoms with Gasteiger partial charge in [0, 0.05) is 37.3 Å². The first-order valence-electron chi connectivity index (χ1n) is 6.01. The van der Waals surface area contributed by atoms with Crippen LogP contribution in [0.2, 0.25) is 0 Å². The average Bonchev–Trinajstić information content (AvgIpc) is 2.32. The second-order valence-corrected chi connectivity index (χ2v) is 4.67. The Morgan fingerprint density at radius 1 is 1.41 bits per heavy atom. The van der Waals surface area contributed by atoms with Crippen molar-refractivity contribution in [1.29, 1.82) is 0 Å². The number of halogens is 2. The van der Waals surface area contributed by atoms with E-state index < -0.39 is 11.6 Å². The zero-order valence-electron chi connectivity index (χ0n) is 10.2. The second-order valence-electron chi connectivity index (χ2n) is 4.67. The van der Waals surface area contributed by atoms with E-state index in [2.05, 4.69) is 17.1 Å².